The molecule has 2 aliphatic rings. The lowest BCUT2D eigenvalue weighted by Gasteiger charge is -2.22. The Hall–Kier alpha value is -1.26. The predicted octanol–water partition coefficient (Wildman–Crippen LogP) is 2.35. The summed E-state index contributed by atoms with van der Waals surface area (Å²) in [6, 6.07) is 4.88. The van der Waals surface area contributed by atoms with Gasteiger partial charge in [0.1, 0.15) is 0 Å². The summed E-state index contributed by atoms with van der Waals surface area (Å²) in [5.74, 6) is -0.0474. The number of hydrogen-bond donors (Lipinski definition) is 1. The van der Waals surface area contributed by atoms with E-state index in [1.54, 1.807) is 23.1 Å². The van der Waals surface area contributed by atoms with E-state index in [0.717, 1.165) is 6.42 Å². The summed E-state index contributed by atoms with van der Waals surface area (Å²) in [6.45, 7) is 1.89. The van der Waals surface area contributed by atoms with Gasteiger partial charge in [-0.3, -0.25) is 9.59 Å². The van der Waals surface area contributed by atoms with Crippen LogP contribution in [0.4, 0.5) is 0 Å². The van der Waals surface area contributed by atoms with Gasteiger partial charge in [0.05, 0.1) is 10.6 Å². The molecule has 1 spiro atoms. The highest BCUT2D eigenvalue weighted by Crippen LogP contribution is 2.37. The van der Waals surface area contributed by atoms with Crippen LogP contribution in [-0.2, 0) is 4.79 Å². The van der Waals surface area contributed by atoms with Gasteiger partial charge in [-0.1, -0.05) is 23.2 Å². The van der Waals surface area contributed by atoms with Gasteiger partial charge < -0.3 is 10.2 Å². The molecule has 106 valence electrons. The average molecular weight is 313 g/mol. The average Bonchev–Trinajstić information content (AvgIpc) is 2.99. The van der Waals surface area contributed by atoms with Crippen molar-refractivity contribution in [3.63, 3.8) is 0 Å². The zero-order valence-corrected chi connectivity index (χ0v) is 12.3. The molecule has 0 aromatic heterocycles. The van der Waals surface area contributed by atoms with Crippen LogP contribution in [0.1, 0.15) is 23.2 Å². The van der Waals surface area contributed by atoms with Crippen molar-refractivity contribution in [1.29, 1.82) is 0 Å². The third-order valence-corrected chi connectivity index (χ3v) is 4.65. The van der Waals surface area contributed by atoms with E-state index in [1.807, 2.05) is 0 Å². The highest BCUT2D eigenvalue weighted by atomic mass is 35.5. The number of rotatable bonds is 1. The number of nitrogens with zero attached hydrogens (tertiary/aromatic N) is 1. The molecule has 2 fully saturated rings. The van der Waals surface area contributed by atoms with E-state index in [4.69, 9.17) is 23.2 Å². The molecule has 2 saturated heterocycles. The Labute approximate surface area is 127 Å². The molecule has 2 aliphatic heterocycles. The van der Waals surface area contributed by atoms with E-state index in [-0.39, 0.29) is 17.2 Å². The van der Waals surface area contributed by atoms with Gasteiger partial charge in [-0.2, -0.15) is 0 Å². The first-order valence-corrected chi connectivity index (χ1v) is 7.26. The Balaban J connectivity index is 1.79. The Kier molecular flexibility index (Phi) is 3.38. The van der Waals surface area contributed by atoms with Crippen LogP contribution in [0, 0.1) is 5.41 Å². The zero-order chi connectivity index (χ0) is 14.3. The molecule has 0 aliphatic carbocycles. The summed E-state index contributed by atoms with van der Waals surface area (Å²) < 4.78 is 0. The molecule has 1 unspecified atom stereocenters. The van der Waals surface area contributed by atoms with Crippen molar-refractivity contribution in [3.05, 3.63) is 33.8 Å². The van der Waals surface area contributed by atoms with Crippen LogP contribution in [-0.4, -0.2) is 36.3 Å². The number of hydrogen-bond acceptors (Lipinski definition) is 2. The van der Waals surface area contributed by atoms with Crippen LogP contribution < -0.4 is 5.32 Å². The molecule has 1 N–H and O–H groups in total. The van der Waals surface area contributed by atoms with Crippen LogP contribution in [0.5, 0.6) is 0 Å². The van der Waals surface area contributed by atoms with Crippen LogP contribution >= 0.6 is 23.2 Å². The minimum atomic E-state index is -0.117. The molecule has 0 radical (unpaired) electrons. The second-order valence-corrected chi connectivity index (χ2v) is 6.40. The Morgan fingerprint density at radius 3 is 2.85 bits per heavy atom. The predicted molar refractivity (Wildman–Crippen MR) is 77.0 cm³/mol. The molecule has 2 amide bonds. The molecular formula is C14H14Cl2N2O2. The van der Waals surface area contributed by atoms with Crippen LogP contribution in [0.15, 0.2) is 18.2 Å². The second-order valence-electron chi connectivity index (χ2n) is 5.55. The highest BCUT2D eigenvalue weighted by molar-refractivity contribution is 6.35. The molecule has 1 aromatic rings. The van der Waals surface area contributed by atoms with Gasteiger partial charge in [0.2, 0.25) is 5.91 Å². The maximum Gasteiger partial charge on any atom is 0.255 e. The molecule has 0 bridgehead atoms. The summed E-state index contributed by atoms with van der Waals surface area (Å²) in [7, 11) is 0. The van der Waals surface area contributed by atoms with Gasteiger partial charge in [0.15, 0.2) is 0 Å². The number of carbonyl (C=O) groups excluding carboxylic acids is 2. The van der Waals surface area contributed by atoms with Gasteiger partial charge in [0.25, 0.3) is 5.91 Å². The fraction of sp³-hybridized carbons (Fsp3) is 0.429. The first-order valence-electron chi connectivity index (χ1n) is 6.50. The summed E-state index contributed by atoms with van der Waals surface area (Å²) in [5.41, 5.74) is 0.325. The lowest BCUT2D eigenvalue weighted by atomic mass is 9.86. The largest absolute Gasteiger partial charge is 0.355 e. The van der Waals surface area contributed by atoms with Gasteiger partial charge >= 0.3 is 0 Å². The lowest BCUT2D eigenvalue weighted by molar-refractivity contribution is -0.119. The second kappa shape index (κ2) is 4.93. The lowest BCUT2D eigenvalue weighted by Crippen LogP contribution is -2.33. The fourth-order valence-electron chi connectivity index (χ4n) is 2.98. The van der Waals surface area contributed by atoms with Crippen LogP contribution in [0.3, 0.4) is 0 Å². The number of benzene rings is 1. The minimum Gasteiger partial charge on any atom is -0.355 e. The molecule has 20 heavy (non-hydrogen) atoms. The maximum atomic E-state index is 12.5. The van der Waals surface area contributed by atoms with E-state index in [0.29, 0.717) is 41.7 Å². The van der Waals surface area contributed by atoms with Crippen molar-refractivity contribution in [2.45, 2.75) is 12.8 Å². The monoisotopic (exact) mass is 312 g/mol. The molecule has 3 rings (SSSR count). The topological polar surface area (TPSA) is 49.4 Å². The van der Waals surface area contributed by atoms with Crippen LogP contribution in [0.25, 0.3) is 0 Å². The van der Waals surface area contributed by atoms with Crippen molar-refractivity contribution < 1.29 is 9.59 Å². The van der Waals surface area contributed by atoms with Gasteiger partial charge in [-0.25, -0.2) is 0 Å². The summed E-state index contributed by atoms with van der Waals surface area (Å²) >= 11 is 12.0. The van der Waals surface area contributed by atoms with Crippen molar-refractivity contribution >= 4 is 35.0 Å². The van der Waals surface area contributed by atoms with E-state index >= 15 is 0 Å². The van der Waals surface area contributed by atoms with Crippen molar-refractivity contribution in [2.75, 3.05) is 19.6 Å². The van der Waals surface area contributed by atoms with E-state index in [2.05, 4.69) is 5.32 Å². The third kappa shape index (κ3) is 2.38. The van der Waals surface area contributed by atoms with Crippen molar-refractivity contribution in [3.8, 4) is 0 Å². The molecular weight excluding hydrogens is 299 g/mol. The number of amides is 2. The molecule has 6 heteroatoms. The zero-order valence-electron chi connectivity index (χ0n) is 10.8. The molecule has 1 atom stereocenters. The number of halogens is 2. The molecule has 0 saturated carbocycles. The molecule has 4 nitrogen and oxygen atoms in total. The smallest absolute Gasteiger partial charge is 0.255 e. The van der Waals surface area contributed by atoms with E-state index in [1.165, 1.54) is 0 Å². The number of likely N-dealkylation sites (tertiary alicyclic amines) is 1. The SMILES string of the molecule is O=C1CC2(CCN(C(=O)c3cc(Cl)ccc3Cl)C2)CN1. The van der Waals surface area contributed by atoms with Gasteiger partial charge in [-0.05, 0) is 24.6 Å². The van der Waals surface area contributed by atoms with Crippen LogP contribution in [0.2, 0.25) is 10.0 Å². The molecule has 2 heterocycles. The maximum absolute atomic E-state index is 12.5. The highest BCUT2D eigenvalue weighted by Gasteiger charge is 2.45. The fourth-order valence-corrected chi connectivity index (χ4v) is 3.35. The quantitative estimate of drug-likeness (QED) is 0.865. The first kappa shape index (κ1) is 13.7. The van der Waals surface area contributed by atoms with Gasteiger partial charge in [0, 0.05) is 36.5 Å². The summed E-state index contributed by atoms with van der Waals surface area (Å²) in [6.07, 6.45) is 1.34. The normalized spacial score (nSPS) is 25.3. The molecule has 1 aromatic carbocycles. The Morgan fingerprint density at radius 2 is 2.15 bits per heavy atom. The van der Waals surface area contributed by atoms with Crippen molar-refractivity contribution in [1.82, 2.24) is 10.2 Å². The number of carbonyl (C=O) groups is 2. The minimum absolute atomic E-state index is 0.0695. The van der Waals surface area contributed by atoms with E-state index < -0.39 is 0 Å². The Bertz CT molecular complexity index is 591. The standard InChI is InChI=1S/C14H14Cl2N2O2/c15-9-1-2-11(16)10(5-9)13(20)18-4-3-14(8-18)6-12(19)17-7-14/h1-2,5H,3-4,6-8H2,(H,17,19). The number of nitrogens with one attached hydrogen (secondary N) is 1. The van der Waals surface area contributed by atoms with Crippen molar-refractivity contribution in [2.24, 2.45) is 5.41 Å². The first-order chi connectivity index (χ1) is 9.49. The summed E-state index contributed by atoms with van der Waals surface area (Å²) in [4.78, 5) is 25.7. The summed E-state index contributed by atoms with van der Waals surface area (Å²) in [5, 5.41) is 3.74. The Morgan fingerprint density at radius 1 is 1.35 bits per heavy atom. The van der Waals surface area contributed by atoms with E-state index in [9.17, 15) is 9.59 Å². The third-order valence-electron chi connectivity index (χ3n) is 4.08. The van der Waals surface area contributed by atoms with Gasteiger partial charge in [-0.15, -0.1) is 0 Å².